The summed E-state index contributed by atoms with van der Waals surface area (Å²) in [6.07, 6.45) is 7.01. The van der Waals surface area contributed by atoms with Crippen molar-refractivity contribution in [3.63, 3.8) is 0 Å². The molecule has 1 aliphatic rings. The van der Waals surface area contributed by atoms with E-state index in [1.165, 1.54) is 0 Å². The molecule has 0 radical (unpaired) electrons. The number of aromatic nitrogens is 3. The highest BCUT2D eigenvalue weighted by Crippen LogP contribution is 2.39. The quantitative estimate of drug-likeness (QED) is 0.797. The molecule has 2 aromatic rings. The minimum Gasteiger partial charge on any atom is -0.354 e. The Kier molecular flexibility index (Phi) is 5.77. The van der Waals surface area contributed by atoms with Crippen molar-refractivity contribution >= 4 is 11.7 Å². The molecular formula is C22H32N4O2. The Balaban J connectivity index is 1.81. The minimum atomic E-state index is -0.0367. The van der Waals surface area contributed by atoms with E-state index in [4.69, 9.17) is 0 Å². The number of fused-ring (bicyclic) bond motifs is 1. The SMILES string of the molecule is Cc1c(CC(=O)NCCn2ccnc2)c2c(n1CC(C)C)CC(C)(C)CC2=O. The van der Waals surface area contributed by atoms with Crippen LogP contribution in [0.15, 0.2) is 18.7 Å². The molecule has 2 heterocycles. The van der Waals surface area contributed by atoms with E-state index < -0.39 is 0 Å². The first-order valence-electron chi connectivity index (χ1n) is 10.1. The summed E-state index contributed by atoms with van der Waals surface area (Å²) in [7, 11) is 0. The van der Waals surface area contributed by atoms with Crippen LogP contribution < -0.4 is 5.32 Å². The fourth-order valence-electron chi connectivity index (χ4n) is 4.20. The number of nitrogens with zero attached hydrogens (tertiary/aromatic N) is 3. The highest BCUT2D eigenvalue weighted by molar-refractivity contribution is 6.01. The summed E-state index contributed by atoms with van der Waals surface area (Å²) in [5, 5.41) is 2.98. The molecule has 28 heavy (non-hydrogen) atoms. The molecular weight excluding hydrogens is 352 g/mol. The van der Waals surface area contributed by atoms with Crippen molar-refractivity contribution in [1.82, 2.24) is 19.4 Å². The number of hydrogen-bond donors (Lipinski definition) is 1. The number of ketones is 1. The van der Waals surface area contributed by atoms with Crippen LogP contribution in [0.25, 0.3) is 0 Å². The van der Waals surface area contributed by atoms with Gasteiger partial charge in [-0.1, -0.05) is 27.7 Å². The van der Waals surface area contributed by atoms with Gasteiger partial charge in [0.2, 0.25) is 5.91 Å². The second kappa shape index (κ2) is 7.94. The van der Waals surface area contributed by atoms with Gasteiger partial charge in [-0.25, -0.2) is 4.98 Å². The Hall–Kier alpha value is -2.37. The third-order valence-corrected chi connectivity index (χ3v) is 5.46. The molecule has 6 nitrogen and oxygen atoms in total. The zero-order valence-corrected chi connectivity index (χ0v) is 17.7. The fourth-order valence-corrected chi connectivity index (χ4v) is 4.20. The lowest BCUT2D eigenvalue weighted by Crippen LogP contribution is -2.30. The summed E-state index contributed by atoms with van der Waals surface area (Å²) in [6, 6.07) is 0. The number of rotatable bonds is 7. The average molecular weight is 385 g/mol. The van der Waals surface area contributed by atoms with Gasteiger partial charge in [0, 0.05) is 55.4 Å². The second-order valence-electron chi connectivity index (χ2n) is 9.16. The van der Waals surface area contributed by atoms with Crippen LogP contribution in [0, 0.1) is 18.3 Å². The van der Waals surface area contributed by atoms with Crippen molar-refractivity contribution < 1.29 is 9.59 Å². The highest BCUT2D eigenvalue weighted by atomic mass is 16.1. The van der Waals surface area contributed by atoms with Gasteiger partial charge in [-0.3, -0.25) is 9.59 Å². The molecule has 0 bridgehead atoms. The van der Waals surface area contributed by atoms with Gasteiger partial charge in [0.25, 0.3) is 0 Å². The molecule has 1 amide bonds. The van der Waals surface area contributed by atoms with E-state index in [9.17, 15) is 9.59 Å². The zero-order chi connectivity index (χ0) is 20.5. The van der Waals surface area contributed by atoms with E-state index >= 15 is 0 Å². The number of hydrogen-bond acceptors (Lipinski definition) is 3. The Morgan fingerprint density at radius 3 is 2.71 bits per heavy atom. The lowest BCUT2D eigenvalue weighted by molar-refractivity contribution is -0.120. The van der Waals surface area contributed by atoms with Crippen LogP contribution in [0.3, 0.4) is 0 Å². The van der Waals surface area contributed by atoms with Crippen LogP contribution in [-0.2, 0) is 30.7 Å². The summed E-state index contributed by atoms with van der Waals surface area (Å²) < 4.78 is 4.21. The van der Waals surface area contributed by atoms with Gasteiger partial charge in [0.15, 0.2) is 5.78 Å². The first kappa shape index (κ1) is 20.4. The predicted molar refractivity (Wildman–Crippen MR) is 109 cm³/mol. The molecule has 0 spiro atoms. The van der Waals surface area contributed by atoms with Crippen LogP contribution in [-0.4, -0.2) is 32.4 Å². The third kappa shape index (κ3) is 4.37. The molecule has 1 N–H and O–H groups in total. The summed E-state index contributed by atoms with van der Waals surface area (Å²) >= 11 is 0. The van der Waals surface area contributed by atoms with Crippen LogP contribution in [0.4, 0.5) is 0 Å². The lowest BCUT2D eigenvalue weighted by Gasteiger charge is -2.30. The number of amides is 1. The maximum Gasteiger partial charge on any atom is 0.224 e. The first-order chi connectivity index (χ1) is 13.2. The summed E-state index contributed by atoms with van der Waals surface area (Å²) in [5.74, 6) is 0.621. The molecule has 0 aliphatic heterocycles. The molecule has 0 saturated heterocycles. The lowest BCUT2D eigenvalue weighted by atomic mass is 9.75. The average Bonchev–Trinajstić information content (AvgIpc) is 3.16. The van der Waals surface area contributed by atoms with Gasteiger partial charge in [-0.05, 0) is 30.2 Å². The van der Waals surface area contributed by atoms with Gasteiger partial charge in [-0.15, -0.1) is 0 Å². The number of imidazole rings is 1. The topological polar surface area (TPSA) is 68.9 Å². The number of nitrogens with one attached hydrogen (secondary N) is 1. The summed E-state index contributed by atoms with van der Waals surface area (Å²) in [6.45, 7) is 12.8. The molecule has 0 fully saturated rings. The molecule has 3 rings (SSSR count). The third-order valence-electron chi connectivity index (χ3n) is 5.46. The molecule has 0 atom stereocenters. The molecule has 1 aliphatic carbocycles. The zero-order valence-electron chi connectivity index (χ0n) is 17.7. The monoisotopic (exact) mass is 384 g/mol. The van der Waals surface area contributed by atoms with Gasteiger partial charge >= 0.3 is 0 Å². The van der Waals surface area contributed by atoms with Gasteiger partial charge in [0.1, 0.15) is 0 Å². The Morgan fingerprint density at radius 1 is 1.32 bits per heavy atom. The Bertz CT molecular complexity index is 860. The van der Waals surface area contributed by atoms with E-state index in [1.54, 1.807) is 12.5 Å². The van der Waals surface area contributed by atoms with Crippen molar-refractivity contribution in [1.29, 1.82) is 0 Å². The summed E-state index contributed by atoms with van der Waals surface area (Å²) in [5.41, 5.74) is 3.87. The molecule has 2 aromatic heterocycles. The van der Waals surface area contributed by atoms with Gasteiger partial charge in [0.05, 0.1) is 12.7 Å². The van der Waals surface area contributed by atoms with Crippen molar-refractivity contribution in [2.24, 2.45) is 11.3 Å². The van der Waals surface area contributed by atoms with Crippen LogP contribution >= 0.6 is 0 Å². The van der Waals surface area contributed by atoms with Crippen molar-refractivity contribution in [2.45, 2.75) is 67.0 Å². The number of carbonyl (C=O) groups is 2. The van der Waals surface area contributed by atoms with Crippen LogP contribution in [0.5, 0.6) is 0 Å². The molecule has 152 valence electrons. The van der Waals surface area contributed by atoms with E-state index in [0.29, 0.717) is 25.4 Å². The van der Waals surface area contributed by atoms with Crippen molar-refractivity contribution in [3.8, 4) is 0 Å². The number of Topliss-reactive ketones (excluding diaryl/α,β-unsaturated/α-hetero) is 1. The minimum absolute atomic E-state index is 0.0338. The smallest absolute Gasteiger partial charge is 0.224 e. The van der Waals surface area contributed by atoms with Crippen LogP contribution in [0.1, 0.15) is 61.4 Å². The summed E-state index contributed by atoms with van der Waals surface area (Å²) in [4.78, 5) is 29.6. The normalized spacial score (nSPS) is 15.7. The van der Waals surface area contributed by atoms with Gasteiger partial charge < -0.3 is 14.5 Å². The molecule has 0 saturated carbocycles. The van der Waals surface area contributed by atoms with Crippen molar-refractivity contribution in [2.75, 3.05) is 6.54 Å². The maximum atomic E-state index is 13.0. The highest BCUT2D eigenvalue weighted by Gasteiger charge is 2.37. The Labute approximate surface area is 167 Å². The van der Waals surface area contributed by atoms with Gasteiger partial charge in [-0.2, -0.15) is 0 Å². The van der Waals surface area contributed by atoms with E-state index in [1.807, 2.05) is 10.8 Å². The first-order valence-corrected chi connectivity index (χ1v) is 10.1. The van der Waals surface area contributed by atoms with E-state index in [-0.39, 0.29) is 23.5 Å². The second-order valence-corrected chi connectivity index (χ2v) is 9.16. The largest absolute Gasteiger partial charge is 0.354 e. The molecule has 0 unspecified atom stereocenters. The fraction of sp³-hybridized carbons (Fsp3) is 0.591. The van der Waals surface area contributed by atoms with Crippen molar-refractivity contribution in [3.05, 3.63) is 41.2 Å². The van der Waals surface area contributed by atoms with E-state index in [0.717, 1.165) is 35.5 Å². The number of carbonyl (C=O) groups excluding carboxylic acids is 2. The Morgan fingerprint density at radius 2 is 2.07 bits per heavy atom. The van der Waals surface area contributed by atoms with Crippen LogP contribution in [0.2, 0.25) is 0 Å². The standard InChI is InChI=1S/C22H32N4O2/c1-15(2)13-26-16(3)17(21-18(26)11-22(4,5)12-19(21)27)10-20(28)24-7-9-25-8-6-23-14-25/h6,8,14-15H,7,9-13H2,1-5H3,(H,24,28). The molecule has 0 aromatic carbocycles. The molecule has 6 heteroatoms. The maximum absolute atomic E-state index is 13.0. The van der Waals surface area contributed by atoms with E-state index in [2.05, 4.69) is 49.5 Å². The predicted octanol–water partition coefficient (Wildman–Crippen LogP) is 3.16.